The Morgan fingerprint density at radius 1 is 1.47 bits per heavy atom. The first-order valence-corrected chi connectivity index (χ1v) is 7.93. The lowest BCUT2D eigenvalue weighted by Gasteiger charge is -1.98. The van der Waals surface area contributed by atoms with Crippen LogP contribution in [0.15, 0.2) is 0 Å². The van der Waals surface area contributed by atoms with Gasteiger partial charge in [-0.1, -0.05) is 6.92 Å². The number of methoxy groups -OCH3 is 1. The Labute approximate surface area is 105 Å². The molecule has 1 rings (SSSR count). The highest BCUT2D eigenvalue weighted by Gasteiger charge is 2.16. The van der Waals surface area contributed by atoms with E-state index in [0.29, 0.717) is 28.6 Å². The van der Waals surface area contributed by atoms with Gasteiger partial charge >= 0.3 is 0 Å². The Kier molecular flexibility index (Phi) is 5.51. The quantitative estimate of drug-likeness (QED) is 0.809. The third kappa shape index (κ3) is 4.34. The van der Waals surface area contributed by atoms with E-state index >= 15 is 0 Å². The number of hydrogen-bond donors (Lipinski definition) is 1. The Bertz CT molecular complexity index is 453. The van der Waals surface area contributed by atoms with E-state index in [9.17, 15) is 8.42 Å². The molecule has 0 unspecified atom stereocenters. The zero-order valence-corrected chi connectivity index (χ0v) is 11.6. The van der Waals surface area contributed by atoms with Crippen LogP contribution in [-0.4, -0.2) is 31.4 Å². The van der Waals surface area contributed by atoms with Gasteiger partial charge in [-0.2, -0.15) is 0 Å². The van der Waals surface area contributed by atoms with Crippen LogP contribution in [-0.2, 0) is 33.5 Å². The van der Waals surface area contributed by atoms with E-state index in [4.69, 9.17) is 9.84 Å². The number of ether oxygens (including phenoxy) is 1. The Balaban J connectivity index is 2.85. The molecular weight excluding hydrogens is 262 g/mol. The van der Waals surface area contributed by atoms with Gasteiger partial charge in [-0.05, 0) is 6.42 Å². The molecule has 0 fully saturated rings. The van der Waals surface area contributed by atoms with Gasteiger partial charge in [-0.25, -0.2) is 13.4 Å². The maximum absolute atomic E-state index is 11.6. The largest absolute Gasteiger partial charge is 0.391 e. The first-order valence-electron chi connectivity index (χ1n) is 5.30. The average molecular weight is 279 g/mol. The van der Waals surface area contributed by atoms with Gasteiger partial charge in [0.25, 0.3) is 0 Å². The summed E-state index contributed by atoms with van der Waals surface area (Å²) in [4.78, 5) is 4.87. The Morgan fingerprint density at radius 3 is 2.71 bits per heavy atom. The molecule has 0 aliphatic carbocycles. The molecule has 0 aromatic carbocycles. The van der Waals surface area contributed by atoms with Crippen LogP contribution in [0.3, 0.4) is 0 Å². The van der Waals surface area contributed by atoms with Crippen molar-refractivity contribution in [1.82, 2.24) is 4.98 Å². The summed E-state index contributed by atoms with van der Waals surface area (Å²) in [5.74, 6) is 0.114. The monoisotopic (exact) mass is 279 g/mol. The van der Waals surface area contributed by atoms with Crippen LogP contribution < -0.4 is 0 Å². The van der Waals surface area contributed by atoms with Gasteiger partial charge in [-0.15, -0.1) is 11.3 Å². The summed E-state index contributed by atoms with van der Waals surface area (Å²) in [7, 11) is -1.55. The molecule has 0 aliphatic heterocycles. The second kappa shape index (κ2) is 6.44. The fourth-order valence-corrected chi connectivity index (χ4v) is 4.15. The predicted molar refractivity (Wildman–Crippen MR) is 66.5 cm³/mol. The number of thiazole rings is 1. The fraction of sp³-hybridized carbons (Fsp3) is 0.700. The molecule has 17 heavy (non-hydrogen) atoms. The molecule has 1 aromatic rings. The van der Waals surface area contributed by atoms with Crippen molar-refractivity contribution in [3.63, 3.8) is 0 Å². The standard InChI is InChI=1S/C10H17NO4S2/c1-3-4-17(13,14)7-10-11-8(6-15-2)9(5-12)16-10/h12H,3-7H2,1-2H3. The molecule has 0 atom stereocenters. The van der Waals surface area contributed by atoms with Crippen molar-refractivity contribution in [2.24, 2.45) is 0 Å². The highest BCUT2D eigenvalue weighted by Crippen LogP contribution is 2.21. The number of aromatic nitrogens is 1. The van der Waals surface area contributed by atoms with Gasteiger partial charge in [0.05, 0.1) is 29.5 Å². The van der Waals surface area contributed by atoms with Gasteiger partial charge in [-0.3, -0.25) is 0 Å². The summed E-state index contributed by atoms with van der Waals surface area (Å²) in [6.07, 6.45) is 0.603. The van der Waals surface area contributed by atoms with Crippen molar-refractivity contribution in [3.8, 4) is 0 Å². The summed E-state index contributed by atoms with van der Waals surface area (Å²) in [6.45, 7) is 1.99. The molecule has 1 heterocycles. The summed E-state index contributed by atoms with van der Waals surface area (Å²) in [5.41, 5.74) is 0.627. The van der Waals surface area contributed by atoms with Crippen LogP contribution in [0, 0.1) is 0 Å². The minimum Gasteiger partial charge on any atom is -0.391 e. The third-order valence-corrected chi connectivity index (χ3v) is 5.11. The van der Waals surface area contributed by atoms with Crippen molar-refractivity contribution in [3.05, 3.63) is 15.6 Å². The van der Waals surface area contributed by atoms with Crippen LogP contribution in [0.2, 0.25) is 0 Å². The molecule has 0 amide bonds. The first-order chi connectivity index (χ1) is 8.02. The molecule has 7 heteroatoms. The summed E-state index contributed by atoms with van der Waals surface area (Å²) in [6, 6.07) is 0. The zero-order valence-electron chi connectivity index (χ0n) is 9.97. The number of hydrogen-bond acceptors (Lipinski definition) is 6. The van der Waals surface area contributed by atoms with Crippen LogP contribution in [0.25, 0.3) is 0 Å². The van der Waals surface area contributed by atoms with Gasteiger partial charge < -0.3 is 9.84 Å². The summed E-state index contributed by atoms with van der Waals surface area (Å²) < 4.78 is 28.2. The number of rotatable bonds is 7. The predicted octanol–water partition coefficient (Wildman–Crippen LogP) is 1.11. The Hall–Kier alpha value is -0.500. The van der Waals surface area contributed by atoms with E-state index in [0.717, 1.165) is 0 Å². The van der Waals surface area contributed by atoms with E-state index in [2.05, 4.69) is 4.98 Å². The highest BCUT2D eigenvalue weighted by molar-refractivity contribution is 7.90. The molecule has 0 bridgehead atoms. The first kappa shape index (κ1) is 14.6. The van der Waals surface area contributed by atoms with Crippen LogP contribution in [0.4, 0.5) is 0 Å². The third-order valence-electron chi connectivity index (χ3n) is 2.11. The maximum atomic E-state index is 11.6. The molecule has 98 valence electrons. The van der Waals surface area contributed by atoms with Crippen LogP contribution in [0.5, 0.6) is 0 Å². The average Bonchev–Trinajstić information content (AvgIpc) is 2.59. The van der Waals surface area contributed by atoms with E-state index in [-0.39, 0.29) is 18.1 Å². The molecule has 0 aliphatic rings. The lowest BCUT2D eigenvalue weighted by molar-refractivity contribution is 0.178. The number of aliphatic hydroxyl groups excluding tert-OH is 1. The smallest absolute Gasteiger partial charge is 0.156 e. The van der Waals surface area contributed by atoms with Crippen molar-refractivity contribution < 1.29 is 18.3 Å². The zero-order chi connectivity index (χ0) is 12.9. The number of sulfone groups is 1. The molecule has 1 N–H and O–H groups in total. The Morgan fingerprint density at radius 2 is 2.18 bits per heavy atom. The van der Waals surface area contributed by atoms with Gasteiger partial charge in [0, 0.05) is 7.11 Å². The number of nitrogens with zero attached hydrogens (tertiary/aromatic N) is 1. The van der Waals surface area contributed by atoms with Gasteiger partial charge in [0.2, 0.25) is 0 Å². The van der Waals surface area contributed by atoms with Crippen LogP contribution in [0.1, 0.15) is 28.9 Å². The lowest BCUT2D eigenvalue weighted by atomic mass is 10.4. The molecule has 0 radical (unpaired) electrons. The molecule has 1 aromatic heterocycles. The second-order valence-corrected chi connectivity index (χ2v) is 7.01. The number of aliphatic hydroxyl groups is 1. The van der Waals surface area contributed by atoms with Crippen molar-refractivity contribution in [2.75, 3.05) is 12.9 Å². The van der Waals surface area contributed by atoms with Gasteiger partial charge in [0.1, 0.15) is 10.8 Å². The van der Waals surface area contributed by atoms with Crippen molar-refractivity contribution in [2.45, 2.75) is 32.3 Å². The van der Waals surface area contributed by atoms with Crippen molar-refractivity contribution in [1.29, 1.82) is 0 Å². The molecule has 0 spiro atoms. The lowest BCUT2D eigenvalue weighted by Crippen LogP contribution is -2.08. The van der Waals surface area contributed by atoms with E-state index in [1.54, 1.807) is 0 Å². The topological polar surface area (TPSA) is 76.5 Å². The van der Waals surface area contributed by atoms with E-state index in [1.165, 1.54) is 18.4 Å². The molecular formula is C10H17NO4S2. The minimum atomic E-state index is -3.09. The molecule has 0 saturated carbocycles. The SMILES string of the molecule is CCCS(=O)(=O)Cc1nc(COC)c(CO)s1. The van der Waals surface area contributed by atoms with E-state index < -0.39 is 9.84 Å². The summed E-state index contributed by atoms with van der Waals surface area (Å²) in [5, 5.41) is 9.65. The maximum Gasteiger partial charge on any atom is 0.156 e. The van der Waals surface area contributed by atoms with Gasteiger partial charge in [0.15, 0.2) is 9.84 Å². The van der Waals surface area contributed by atoms with E-state index in [1.807, 2.05) is 6.92 Å². The molecule has 0 saturated heterocycles. The molecule has 5 nitrogen and oxygen atoms in total. The van der Waals surface area contributed by atoms with Crippen molar-refractivity contribution >= 4 is 21.2 Å². The van der Waals surface area contributed by atoms with Crippen LogP contribution >= 0.6 is 11.3 Å². The second-order valence-electron chi connectivity index (χ2n) is 3.66. The highest BCUT2D eigenvalue weighted by atomic mass is 32.2. The normalized spacial score (nSPS) is 11.9. The minimum absolute atomic E-state index is 0.0534. The summed E-state index contributed by atoms with van der Waals surface area (Å²) >= 11 is 1.23. The fourth-order valence-electron chi connectivity index (χ4n) is 1.44.